The number of ketones is 3. The molecule has 0 aliphatic heterocycles. The molecule has 9 rings (SSSR count). The van der Waals surface area contributed by atoms with Crippen LogP contribution in [-0.2, 0) is 19.3 Å². The van der Waals surface area contributed by atoms with E-state index in [9.17, 15) is 58.2 Å². The maximum atomic E-state index is 14.2. The molecule has 3 aromatic carbocycles. The zero-order valence-electron chi connectivity index (χ0n) is 42.4. The highest BCUT2D eigenvalue weighted by Crippen LogP contribution is 2.33. The third kappa shape index (κ3) is 16.5. The van der Waals surface area contributed by atoms with Crippen molar-refractivity contribution in [2.75, 3.05) is 0 Å². The topological polar surface area (TPSA) is 211 Å². The molecular formula is C60H64BrF3IN3O9. The molecule has 0 unspecified atom stereocenters. The maximum absolute atomic E-state index is 14.2. The van der Waals surface area contributed by atoms with Crippen LogP contribution in [0.4, 0.5) is 13.2 Å². The lowest BCUT2D eigenvalue weighted by Crippen LogP contribution is -2.38. The molecule has 3 heterocycles. The Kier molecular flexibility index (Phi) is 22.2. The number of nitrogens with zero attached hydrogens (tertiary/aromatic N) is 3. The lowest BCUT2D eigenvalue weighted by atomic mass is 9.80. The van der Waals surface area contributed by atoms with Crippen molar-refractivity contribution in [2.24, 2.45) is 17.8 Å². The quantitative estimate of drug-likeness (QED) is 0.0419. The highest BCUT2D eigenvalue weighted by atomic mass is 127. The molecule has 77 heavy (non-hydrogen) atoms. The van der Waals surface area contributed by atoms with Gasteiger partial charge in [0.1, 0.15) is 17.5 Å². The van der Waals surface area contributed by atoms with Crippen molar-refractivity contribution in [2.45, 2.75) is 133 Å². The van der Waals surface area contributed by atoms with E-state index >= 15 is 0 Å². The molecule has 408 valence electrons. The number of halogens is 5. The summed E-state index contributed by atoms with van der Waals surface area (Å²) in [6.45, 7) is 0. The fourth-order valence-corrected chi connectivity index (χ4v) is 11.3. The average Bonchev–Trinajstić information content (AvgIpc) is 3.42. The van der Waals surface area contributed by atoms with Gasteiger partial charge in [0.25, 0.3) is 0 Å². The molecule has 6 aromatic rings. The van der Waals surface area contributed by atoms with Gasteiger partial charge in [-0.1, -0.05) is 65.5 Å². The minimum absolute atomic E-state index is 0.105. The van der Waals surface area contributed by atoms with Crippen LogP contribution in [0.25, 0.3) is 0 Å². The molecule has 3 saturated carbocycles. The van der Waals surface area contributed by atoms with Gasteiger partial charge in [-0.3, -0.25) is 29.3 Å². The number of hydrogen-bond donors (Lipinski definition) is 6. The van der Waals surface area contributed by atoms with E-state index < -0.39 is 36.6 Å². The number of hydrogen-bond acceptors (Lipinski definition) is 12. The molecule has 0 spiro atoms. The van der Waals surface area contributed by atoms with Gasteiger partial charge in [0.05, 0.1) is 36.6 Å². The Morgan fingerprint density at radius 1 is 0.468 bits per heavy atom. The van der Waals surface area contributed by atoms with Gasteiger partial charge >= 0.3 is 0 Å². The normalized spacial score (nSPS) is 23.1. The van der Waals surface area contributed by atoms with E-state index in [1.54, 1.807) is 91.8 Å². The molecule has 3 aromatic heterocycles. The Balaban J connectivity index is 0.000000168. The van der Waals surface area contributed by atoms with Gasteiger partial charge in [0.2, 0.25) is 0 Å². The van der Waals surface area contributed by atoms with Gasteiger partial charge in [-0.25, -0.2) is 13.2 Å². The molecule has 3 fully saturated rings. The Labute approximate surface area is 468 Å². The molecule has 3 aliphatic rings. The van der Waals surface area contributed by atoms with Crippen molar-refractivity contribution in [1.82, 2.24) is 15.0 Å². The molecule has 0 saturated heterocycles. The number of pyridine rings is 3. The number of aromatic nitrogens is 3. The maximum Gasteiger partial charge on any atom is 0.163 e. The smallest absolute Gasteiger partial charge is 0.163 e. The van der Waals surface area contributed by atoms with E-state index in [0.717, 1.165) is 35.7 Å². The minimum atomic E-state index is -0.873. The lowest BCUT2D eigenvalue weighted by molar-refractivity contribution is -0.0445. The summed E-state index contributed by atoms with van der Waals surface area (Å²) in [5.74, 6) is -2.02. The predicted molar refractivity (Wildman–Crippen MR) is 296 cm³/mol. The molecule has 6 N–H and O–H groups in total. The molecule has 0 bridgehead atoms. The average molecular weight is 1230 g/mol. The van der Waals surface area contributed by atoms with Crippen molar-refractivity contribution in [3.63, 3.8) is 0 Å². The van der Waals surface area contributed by atoms with Crippen LogP contribution in [0.1, 0.15) is 142 Å². The first kappa shape index (κ1) is 59.5. The Hall–Kier alpha value is -5.12. The summed E-state index contributed by atoms with van der Waals surface area (Å²) in [6.07, 6.45) is 12.1. The number of carbonyl (C=O) groups excluding carboxylic acids is 3. The molecule has 17 heteroatoms. The van der Waals surface area contributed by atoms with Crippen molar-refractivity contribution >= 4 is 55.9 Å². The lowest BCUT2D eigenvalue weighted by Gasteiger charge is -2.31. The van der Waals surface area contributed by atoms with Crippen LogP contribution < -0.4 is 0 Å². The van der Waals surface area contributed by atoms with Gasteiger partial charge in [0.15, 0.2) is 17.3 Å². The van der Waals surface area contributed by atoms with Crippen LogP contribution in [0.2, 0.25) is 0 Å². The summed E-state index contributed by atoms with van der Waals surface area (Å²) in [4.78, 5) is 50.6. The van der Waals surface area contributed by atoms with Crippen LogP contribution in [-0.4, -0.2) is 99.6 Å². The molecular weight excluding hydrogens is 1170 g/mol. The van der Waals surface area contributed by atoms with E-state index in [2.05, 4.69) is 53.5 Å². The second-order valence-electron chi connectivity index (χ2n) is 20.3. The third-order valence-electron chi connectivity index (χ3n) is 14.9. The molecule has 9 atom stereocenters. The summed E-state index contributed by atoms with van der Waals surface area (Å²) < 4.78 is 43.7. The fraction of sp³-hybridized carbons (Fsp3) is 0.400. The van der Waals surface area contributed by atoms with Crippen LogP contribution in [0.3, 0.4) is 0 Å². The van der Waals surface area contributed by atoms with Crippen LogP contribution >= 0.6 is 38.5 Å². The molecule has 3 aliphatic carbocycles. The third-order valence-corrected chi connectivity index (χ3v) is 16.1. The van der Waals surface area contributed by atoms with Crippen molar-refractivity contribution in [3.8, 4) is 0 Å². The summed E-state index contributed by atoms with van der Waals surface area (Å²) in [7, 11) is 0. The minimum Gasteiger partial charge on any atom is -0.390 e. The SMILES string of the molecule is O=C(C[C@@H]1CCC[C@@H](O)[C@H]1O)c1ccncc1Cc1ccc(Br)cc1F.O=C(C[C@@H]1CCC[C@@H](O)[C@H]1O)c1ccncc1Cc1ccc(I)cc1F.O=C(C[C@@H]1CCC[C@@H](O)[C@H]1O)c1ccncc1Cc1ccccc1F. The highest BCUT2D eigenvalue weighted by Gasteiger charge is 2.35. The molecule has 0 radical (unpaired) electrons. The predicted octanol–water partition coefficient (Wildman–Crippen LogP) is 10.1. The second kappa shape index (κ2) is 28.7. The monoisotopic (exact) mass is 1230 g/mol. The first-order valence-corrected chi connectivity index (χ1v) is 27.9. The number of Topliss-reactive ketones (excluding diaryl/α,β-unsaturated/α-hetero) is 3. The van der Waals surface area contributed by atoms with Crippen LogP contribution in [0.15, 0.2) is 121 Å². The Bertz CT molecular complexity index is 2840. The summed E-state index contributed by atoms with van der Waals surface area (Å²) >= 11 is 5.29. The van der Waals surface area contributed by atoms with Gasteiger partial charge in [-0.15, -0.1) is 0 Å². The van der Waals surface area contributed by atoms with Crippen LogP contribution in [0, 0.1) is 38.8 Å². The zero-order chi connectivity index (χ0) is 55.2. The van der Waals surface area contributed by atoms with Gasteiger partial charge in [-0.05, 0) is 161 Å². The van der Waals surface area contributed by atoms with E-state index in [1.807, 2.05) is 6.07 Å². The highest BCUT2D eigenvalue weighted by molar-refractivity contribution is 14.1. The van der Waals surface area contributed by atoms with E-state index in [4.69, 9.17) is 0 Å². The van der Waals surface area contributed by atoms with Crippen LogP contribution in [0.5, 0.6) is 0 Å². The standard InChI is InChI=1S/C20H21BrFNO3.C20H21FINO3.C20H22FNO3/c21-15-5-4-12(17(22)10-15)8-14-11-23-7-6-16(14)19(25)9-13-2-1-3-18(24)20(13)26;21-17-10-15(22)5-4-12(17)8-14-11-23-7-6-16(14)19(25)9-13-2-1-3-18(24)20(13)26;21-17-6-2-1-4-13(17)10-15-12-22-9-8-16(15)19(24)11-14-5-3-7-18(23)20(14)25/h2*4-7,10-11,13,18,20,24,26H,1-3,8-9H2;1-2,4,6,8-9,12,14,18,20,23,25H,3,5,7,10-11H2/t2*13-,18+,20-;14-,18+,20-/m000/s1. The summed E-state index contributed by atoms with van der Waals surface area (Å²) in [6, 6.07) is 21.3. The van der Waals surface area contributed by atoms with E-state index in [-0.39, 0.29) is 91.1 Å². The van der Waals surface area contributed by atoms with Gasteiger partial charge in [-0.2, -0.15) is 0 Å². The number of rotatable bonds is 15. The number of aliphatic hydroxyl groups excluding tert-OH is 6. The Morgan fingerprint density at radius 2 is 0.831 bits per heavy atom. The second-order valence-corrected chi connectivity index (χ2v) is 22.5. The van der Waals surface area contributed by atoms with Crippen molar-refractivity contribution in [3.05, 3.63) is 192 Å². The fourth-order valence-electron chi connectivity index (χ4n) is 10.6. The summed E-state index contributed by atoms with van der Waals surface area (Å²) in [5, 5.41) is 59.8. The molecule has 0 amide bonds. The first-order chi connectivity index (χ1) is 37.0. The zero-order valence-corrected chi connectivity index (χ0v) is 46.2. The first-order valence-electron chi connectivity index (χ1n) is 26.0. The van der Waals surface area contributed by atoms with Gasteiger partial charge < -0.3 is 30.6 Å². The number of benzene rings is 3. The Morgan fingerprint density at radius 3 is 1.21 bits per heavy atom. The van der Waals surface area contributed by atoms with Crippen molar-refractivity contribution in [1.29, 1.82) is 0 Å². The van der Waals surface area contributed by atoms with Crippen molar-refractivity contribution < 1.29 is 58.2 Å². The number of aliphatic hydroxyl groups is 6. The number of carbonyl (C=O) groups is 3. The molecule has 12 nitrogen and oxygen atoms in total. The van der Waals surface area contributed by atoms with E-state index in [0.29, 0.717) is 80.2 Å². The largest absolute Gasteiger partial charge is 0.390 e. The summed E-state index contributed by atoms with van der Waals surface area (Å²) in [5.41, 5.74) is 5.02. The van der Waals surface area contributed by atoms with E-state index in [1.165, 1.54) is 18.2 Å². The van der Waals surface area contributed by atoms with Gasteiger partial charge in [0, 0.05) is 100 Å².